The fourth-order valence-electron chi connectivity index (χ4n) is 2.66. The van der Waals surface area contributed by atoms with Gasteiger partial charge in [0.1, 0.15) is 0 Å². The first-order valence-electron chi connectivity index (χ1n) is 7.09. The first-order valence-corrected chi connectivity index (χ1v) is 7.09. The average molecular weight is 285 g/mol. The van der Waals surface area contributed by atoms with Gasteiger partial charge in [-0.05, 0) is 11.1 Å². The molecule has 1 fully saturated rings. The monoisotopic (exact) mass is 285 g/mol. The van der Waals surface area contributed by atoms with E-state index in [9.17, 15) is 10.2 Å². The third-order valence-electron chi connectivity index (χ3n) is 3.78. The number of hydrogen-bond acceptors (Lipinski definition) is 4. The Hall–Kier alpha value is -1.72. The van der Waals surface area contributed by atoms with Crippen molar-refractivity contribution in [1.29, 1.82) is 0 Å². The molecular formula is C17H19NO3. The van der Waals surface area contributed by atoms with Crippen molar-refractivity contribution < 1.29 is 14.9 Å². The summed E-state index contributed by atoms with van der Waals surface area (Å²) in [5.41, 5.74) is 2.16. The lowest BCUT2D eigenvalue weighted by atomic mass is 9.97. The molecule has 0 radical (unpaired) electrons. The molecule has 4 nitrogen and oxygen atoms in total. The van der Waals surface area contributed by atoms with Crippen LogP contribution >= 0.6 is 0 Å². The van der Waals surface area contributed by atoms with Crippen LogP contribution in [0.3, 0.4) is 0 Å². The van der Waals surface area contributed by atoms with Crippen molar-refractivity contribution in [3.63, 3.8) is 0 Å². The van der Waals surface area contributed by atoms with Gasteiger partial charge in [0.15, 0.2) is 6.29 Å². The average Bonchev–Trinajstić information content (AvgIpc) is 2.85. The minimum atomic E-state index is -0.991. The fraction of sp³-hybridized carbons (Fsp3) is 0.294. The highest BCUT2D eigenvalue weighted by Gasteiger charge is 2.36. The lowest BCUT2D eigenvalue weighted by molar-refractivity contribution is -0.0726. The second kappa shape index (κ2) is 6.37. The Morgan fingerprint density at radius 1 is 0.905 bits per heavy atom. The first-order chi connectivity index (χ1) is 10.3. The molecule has 0 aromatic heterocycles. The van der Waals surface area contributed by atoms with Gasteiger partial charge in [-0.3, -0.25) is 5.32 Å². The number of aliphatic hydroxyl groups is 2. The quantitative estimate of drug-likeness (QED) is 0.795. The van der Waals surface area contributed by atoms with Crippen molar-refractivity contribution in [3.8, 4) is 0 Å². The molecule has 1 heterocycles. The SMILES string of the molecule is OC1COC(O)C1NC(c1ccccc1)c1ccccc1. The molecular weight excluding hydrogens is 266 g/mol. The molecule has 3 unspecified atom stereocenters. The predicted octanol–water partition coefficient (Wildman–Crippen LogP) is 1.44. The highest BCUT2D eigenvalue weighted by molar-refractivity contribution is 5.31. The van der Waals surface area contributed by atoms with Gasteiger partial charge in [-0.2, -0.15) is 0 Å². The summed E-state index contributed by atoms with van der Waals surface area (Å²) >= 11 is 0. The van der Waals surface area contributed by atoms with Gasteiger partial charge in [-0.1, -0.05) is 60.7 Å². The number of rotatable bonds is 4. The normalized spacial score (nSPS) is 25.4. The summed E-state index contributed by atoms with van der Waals surface area (Å²) < 4.78 is 5.09. The molecule has 110 valence electrons. The molecule has 21 heavy (non-hydrogen) atoms. The van der Waals surface area contributed by atoms with Crippen molar-refractivity contribution in [2.75, 3.05) is 6.61 Å². The minimum absolute atomic E-state index is 0.108. The zero-order valence-electron chi connectivity index (χ0n) is 11.6. The van der Waals surface area contributed by atoms with Crippen molar-refractivity contribution in [2.45, 2.75) is 24.5 Å². The van der Waals surface area contributed by atoms with Crippen LogP contribution in [0, 0.1) is 0 Å². The molecule has 0 saturated carbocycles. The number of aliphatic hydroxyl groups excluding tert-OH is 2. The number of hydrogen-bond donors (Lipinski definition) is 3. The predicted molar refractivity (Wildman–Crippen MR) is 79.6 cm³/mol. The Morgan fingerprint density at radius 2 is 1.43 bits per heavy atom. The van der Waals surface area contributed by atoms with E-state index in [0.29, 0.717) is 0 Å². The standard InChI is InChI=1S/C17H19NO3/c19-14-11-21-17(20)16(14)18-15(12-7-3-1-4-8-12)13-9-5-2-6-10-13/h1-10,14-20H,11H2. The van der Waals surface area contributed by atoms with Gasteiger partial charge >= 0.3 is 0 Å². The summed E-state index contributed by atoms with van der Waals surface area (Å²) in [5, 5.41) is 23.1. The zero-order chi connectivity index (χ0) is 14.7. The molecule has 2 aromatic rings. The van der Waals surface area contributed by atoms with Gasteiger partial charge in [0.05, 0.1) is 24.8 Å². The van der Waals surface area contributed by atoms with Gasteiger partial charge in [0.2, 0.25) is 0 Å². The Bertz CT molecular complexity index is 511. The molecule has 0 spiro atoms. The molecule has 0 aliphatic carbocycles. The van der Waals surface area contributed by atoms with E-state index in [-0.39, 0.29) is 12.6 Å². The van der Waals surface area contributed by atoms with Crippen molar-refractivity contribution in [1.82, 2.24) is 5.32 Å². The van der Waals surface area contributed by atoms with Gasteiger partial charge < -0.3 is 14.9 Å². The lowest BCUT2D eigenvalue weighted by Crippen LogP contribution is -2.45. The van der Waals surface area contributed by atoms with Gasteiger partial charge in [0.25, 0.3) is 0 Å². The molecule has 2 aromatic carbocycles. The van der Waals surface area contributed by atoms with Crippen LogP contribution in [0.5, 0.6) is 0 Å². The third-order valence-corrected chi connectivity index (χ3v) is 3.78. The summed E-state index contributed by atoms with van der Waals surface area (Å²) in [7, 11) is 0. The van der Waals surface area contributed by atoms with E-state index < -0.39 is 18.4 Å². The van der Waals surface area contributed by atoms with Gasteiger partial charge in [-0.15, -0.1) is 0 Å². The third kappa shape index (κ3) is 3.14. The number of benzene rings is 2. The fourth-order valence-corrected chi connectivity index (χ4v) is 2.66. The smallest absolute Gasteiger partial charge is 0.172 e. The van der Waals surface area contributed by atoms with Crippen LogP contribution in [0.2, 0.25) is 0 Å². The maximum absolute atomic E-state index is 9.95. The minimum Gasteiger partial charge on any atom is -0.389 e. The Kier molecular flexibility index (Phi) is 4.31. The van der Waals surface area contributed by atoms with E-state index in [2.05, 4.69) is 5.32 Å². The van der Waals surface area contributed by atoms with Crippen LogP contribution in [-0.4, -0.2) is 35.3 Å². The molecule has 3 N–H and O–H groups in total. The second-order valence-corrected chi connectivity index (χ2v) is 5.24. The summed E-state index contributed by atoms with van der Waals surface area (Å²) in [6, 6.07) is 19.3. The highest BCUT2D eigenvalue weighted by Crippen LogP contribution is 2.25. The lowest BCUT2D eigenvalue weighted by Gasteiger charge is -2.26. The summed E-state index contributed by atoms with van der Waals surface area (Å²) in [5.74, 6) is 0. The van der Waals surface area contributed by atoms with Crippen molar-refractivity contribution in [2.24, 2.45) is 0 Å². The van der Waals surface area contributed by atoms with Crippen LogP contribution in [0.4, 0.5) is 0 Å². The van der Waals surface area contributed by atoms with Crippen molar-refractivity contribution in [3.05, 3.63) is 71.8 Å². The van der Waals surface area contributed by atoms with E-state index >= 15 is 0 Å². The van der Waals surface area contributed by atoms with E-state index in [1.54, 1.807) is 0 Å². The molecule has 1 saturated heterocycles. The van der Waals surface area contributed by atoms with Crippen LogP contribution in [0.15, 0.2) is 60.7 Å². The molecule has 0 amide bonds. The molecule has 3 rings (SSSR count). The summed E-state index contributed by atoms with van der Waals surface area (Å²) in [6.45, 7) is 0.148. The topological polar surface area (TPSA) is 61.7 Å². The Balaban J connectivity index is 1.90. The molecule has 1 aliphatic heterocycles. The van der Waals surface area contributed by atoms with Gasteiger partial charge in [-0.25, -0.2) is 0 Å². The van der Waals surface area contributed by atoms with Crippen LogP contribution in [0.25, 0.3) is 0 Å². The highest BCUT2D eigenvalue weighted by atomic mass is 16.6. The molecule has 1 aliphatic rings. The van der Waals surface area contributed by atoms with Crippen LogP contribution in [0.1, 0.15) is 17.2 Å². The van der Waals surface area contributed by atoms with Crippen LogP contribution < -0.4 is 5.32 Å². The maximum Gasteiger partial charge on any atom is 0.172 e. The number of ether oxygens (including phenoxy) is 1. The molecule has 4 heteroatoms. The first kappa shape index (κ1) is 14.2. The Labute approximate surface area is 124 Å². The molecule has 0 bridgehead atoms. The second-order valence-electron chi connectivity index (χ2n) is 5.24. The van der Waals surface area contributed by atoms with E-state index in [1.165, 1.54) is 0 Å². The van der Waals surface area contributed by atoms with Crippen molar-refractivity contribution >= 4 is 0 Å². The van der Waals surface area contributed by atoms with Gasteiger partial charge in [0, 0.05) is 0 Å². The molecule has 3 atom stereocenters. The Morgan fingerprint density at radius 3 is 1.86 bits per heavy atom. The number of nitrogens with one attached hydrogen (secondary N) is 1. The maximum atomic E-state index is 9.95. The van der Waals surface area contributed by atoms with E-state index in [4.69, 9.17) is 4.74 Å². The van der Waals surface area contributed by atoms with Crippen LogP contribution in [-0.2, 0) is 4.74 Å². The summed E-state index contributed by atoms with van der Waals surface area (Å²) in [6.07, 6.45) is -1.70. The largest absolute Gasteiger partial charge is 0.389 e. The summed E-state index contributed by atoms with van der Waals surface area (Å²) in [4.78, 5) is 0. The zero-order valence-corrected chi connectivity index (χ0v) is 11.6. The van der Waals surface area contributed by atoms with E-state index in [1.807, 2.05) is 60.7 Å². The van der Waals surface area contributed by atoms with E-state index in [0.717, 1.165) is 11.1 Å².